The number of hydrogen-bond acceptors (Lipinski definition) is 6. The smallest absolute Gasteiger partial charge is 0.178 e. The summed E-state index contributed by atoms with van der Waals surface area (Å²) in [5.74, 6) is 2.58. The molecule has 2 aliphatic rings. The van der Waals surface area contributed by atoms with Gasteiger partial charge in [-0.1, -0.05) is 11.6 Å². The molecule has 0 saturated carbocycles. The first-order valence-corrected chi connectivity index (χ1v) is 9.91. The number of carbonyl (C=O) groups excluding carboxylic acids is 1. The molecule has 2 aromatic carbocycles. The van der Waals surface area contributed by atoms with Crippen molar-refractivity contribution in [3.05, 3.63) is 52.6 Å². The van der Waals surface area contributed by atoms with Gasteiger partial charge in [0.15, 0.2) is 17.3 Å². The van der Waals surface area contributed by atoms with Crippen LogP contribution in [0.4, 0.5) is 0 Å². The Morgan fingerprint density at radius 1 is 1.07 bits per heavy atom. The molecule has 0 saturated heterocycles. The molecule has 2 aromatic rings. The van der Waals surface area contributed by atoms with Crippen LogP contribution in [0, 0.1) is 0 Å². The average molecular weight is 410 g/mol. The third-order valence-corrected chi connectivity index (χ3v) is 5.59. The molecule has 2 atom stereocenters. The number of ether oxygens (including phenoxy) is 5. The van der Waals surface area contributed by atoms with Gasteiger partial charge >= 0.3 is 0 Å². The van der Waals surface area contributed by atoms with E-state index >= 15 is 0 Å². The Morgan fingerprint density at radius 3 is 2.43 bits per heavy atom. The maximum Gasteiger partial charge on any atom is 0.178 e. The van der Waals surface area contributed by atoms with Gasteiger partial charge < -0.3 is 23.7 Å². The number of allylic oxidation sites excluding steroid dienone is 2. The number of hydrogen-bond donors (Lipinski definition) is 0. The minimum atomic E-state index is -0.467. The van der Waals surface area contributed by atoms with Crippen molar-refractivity contribution in [1.82, 2.24) is 0 Å². The summed E-state index contributed by atoms with van der Waals surface area (Å²) in [6.45, 7) is 4.35. The summed E-state index contributed by atoms with van der Waals surface area (Å²) in [5.41, 5.74) is 3.38. The van der Waals surface area contributed by atoms with Crippen LogP contribution >= 0.6 is 0 Å². The zero-order valence-corrected chi connectivity index (χ0v) is 17.9. The Hall–Kier alpha value is -3.15. The van der Waals surface area contributed by atoms with E-state index in [1.807, 2.05) is 26.0 Å². The number of benzene rings is 2. The lowest BCUT2D eigenvalue weighted by Crippen LogP contribution is -2.43. The molecule has 0 fully saturated rings. The Kier molecular flexibility index (Phi) is 5.33. The van der Waals surface area contributed by atoms with E-state index < -0.39 is 12.0 Å². The van der Waals surface area contributed by atoms with Crippen molar-refractivity contribution in [2.45, 2.75) is 32.3 Å². The van der Waals surface area contributed by atoms with Crippen molar-refractivity contribution in [3.8, 4) is 28.7 Å². The van der Waals surface area contributed by atoms with Crippen LogP contribution in [0.1, 0.15) is 41.3 Å². The first-order chi connectivity index (χ1) is 14.5. The molecule has 158 valence electrons. The van der Waals surface area contributed by atoms with Gasteiger partial charge in [0.25, 0.3) is 0 Å². The lowest BCUT2D eigenvalue weighted by atomic mass is 9.81. The number of carbonyl (C=O) groups is 1. The molecule has 0 radical (unpaired) electrons. The van der Waals surface area contributed by atoms with Crippen LogP contribution in [-0.4, -0.2) is 39.8 Å². The van der Waals surface area contributed by atoms with E-state index in [0.29, 0.717) is 40.7 Å². The fourth-order valence-corrected chi connectivity index (χ4v) is 4.07. The van der Waals surface area contributed by atoms with E-state index in [1.165, 1.54) is 5.57 Å². The van der Waals surface area contributed by atoms with Gasteiger partial charge in [0, 0.05) is 17.2 Å². The van der Waals surface area contributed by atoms with Gasteiger partial charge in [-0.25, -0.2) is 0 Å². The fourth-order valence-electron chi connectivity index (χ4n) is 4.07. The molecule has 0 bridgehead atoms. The van der Waals surface area contributed by atoms with Crippen LogP contribution in [-0.2, 0) is 6.42 Å². The number of fused-ring (bicyclic) bond motifs is 4. The van der Waals surface area contributed by atoms with Gasteiger partial charge in [-0.05, 0) is 38.5 Å². The zero-order chi connectivity index (χ0) is 21.4. The first kappa shape index (κ1) is 20.1. The van der Waals surface area contributed by atoms with Crippen molar-refractivity contribution < 1.29 is 28.5 Å². The summed E-state index contributed by atoms with van der Waals surface area (Å²) < 4.78 is 28.7. The third kappa shape index (κ3) is 3.26. The fraction of sp³-hybridized carbons (Fsp3) is 0.375. The average Bonchev–Trinajstić information content (AvgIpc) is 2.75. The second-order valence-electron chi connectivity index (χ2n) is 7.66. The minimum Gasteiger partial charge on any atom is -0.496 e. The molecule has 0 amide bonds. The predicted octanol–water partition coefficient (Wildman–Crippen LogP) is 4.34. The van der Waals surface area contributed by atoms with Crippen LogP contribution in [0.3, 0.4) is 0 Å². The highest BCUT2D eigenvalue weighted by atomic mass is 16.5. The molecule has 0 aliphatic carbocycles. The molecule has 0 N–H and O–H groups in total. The number of rotatable bonds is 5. The maximum atomic E-state index is 13.6. The SMILES string of the molecule is COc1cc2c(cc1OC)[C@@H]1C(=O)c3ccc(OC)c(CC=C(C)C)c3O[C@@H]1CO2. The number of ketones is 1. The predicted molar refractivity (Wildman–Crippen MR) is 113 cm³/mol. The van der Waals surface area contributed by atoms with Crippen molar-refractivity contribution in [2.24, 2.45) is 0 Å². The monoisotopic (exact) mass is 410 g/mol. The van der Waals surface area contributed by atoms with Crippen LogP contribution in [0.25, 0.3) is 0 Å². The summed E-state index contributed by atoms with van der Waals surface area (Å²) in [6.07, 6.45) is 2.30. The van der Waals surface area contributed by atoms with Crippen LogP contribution < -0.4 is 23.7 Å². The van der Waals surface area contributed by atoms with Gasteiger partial charge in [0.1, 0.15) is 30.0 Å². The van der Waals surface area contributed by atoms with Crippen molar-refractivity contribution in [1.29, 1.82) is 0 Å². The van der Waals surface area contributed by atoms with Crippen molar-refractivity contribution in [3.63, 3.8) is 0 Å². The minimum absolute atomic E-state index is 0.0131. The van der Waals surface area contributed by atoms with Gasteiger partial charge in [-0.2, -0.15) is 0 Å². The summed E-state index contributed by atoms with van der Waals surface area (Å²) in [4.78, 5) is 13.6. The topological polar surface area (TPSA) is 63.2 Å². The highest BCUT2D eigenvalue weighted by Gasteiger charge is 2.44. The van der Waals surface area contributed by atoms with E-state index in [0.717, 1.165) is 11.1 Å². The lowest BCUT2D eigenvalue weighted by molar-refractivity contribution is 0.0553. The molecular weight excluding hydrogens is 384 g/mol. The van der Waals surface area contributed by atoms with Crippen LogP contribution in [0.2, 0.25) is 0 Å². The standard InChI is InChI=1S/C24H26O6/c1-13(2)6-7-14-17(26-3)9-8-15-23(25)22-16-10-19(27-4)20(28-5)11-18(16)29-12-21(22)30-24(14)15/h6,8-11,21-22H,7,12H2,1-5H3/t21-,22+/m1/s1. The summed E-state index contributed by atoms with van der Waals surface area (Å²) in [5, 5.41) is 0. The van der Waals surface area contributed by atoms with Gasteiger partial charge in [0.2, 0.25) is 0 Å². The van der Waals surface area contributed by atoms with E-state index in [-0.39, 0.29) is 12.4 Å². The molecule has 0 spiro atoms. The van der Waals surface area contributed by atoms with E-state index in [9.17, 15) is 4.79 Å². The highest BCUT2D eigenvalue weighted by Crippen LogP contribution is 2.48. The Bertz CT molecular complexity index is 1020. The van der Waals surface area contributed by atoms with Gasteiger partial charge in [-0.3, -0.25) is 4.79 Å². The molecular formula is C24H26O6. The molecule has 0 aromatic heterocycles. The highest BCUT2D eigenvalue weighted by molar-refractivity contribution is 6.05. The molecule has 2 aliphatic heterocycles. The summed E-state index contributed by atoms with van der Waals surface area (Å²) in [7, 11) is 4.77. The van der Waals surface area contributed by atoms with Crippen LogP contribution in [0.15, 0.2) is 35.9 Å². The van der Waals surface area contributed by atoms with Gasteiger partial charge in [-0.15, -0.1) is 0 Å². The summed E-state index contributed by atoms with van der Waals surface area (Å²) >= 11 is 0. The van der Waals surface area contributed by atoms with E-state index in [4.69, 9.17) is 23.7 Å². The second-order valence-corrected chi connectivity index (χ2v) is 7.66. The van der Waals surface area contributed by atoms with E-state index in [1.54, 1.807) is 33.5 Å². The number of methoxy groups -OCH3 is 3. The third-order valence-electron chi connectivity index (χ3n) is 5.59. The molecule has 0 unspecified atom stereocenters. The zero-order valence-electron chi connectivity index (χ0n) is 17.9. The second kappa shape index (κ2) is 7.94. The van der Waals surface area contributed by atoms with Crippen LogP contribution in [0.5, 0.6) is 28.7 Å². The first-order valence-electron chi connectivity index (χ1n) is 9.91. The molecule has 4 rings (SSSR count). The molecule has 6 heteroatoms. The Morgan fingerprint density at radius 2 is 1.77 bits per heavy atom. The molecule has 30 heavy (non-hydrogen) atoms. The van der Waals surface area contributed by atoms with Crippen molar-refractivity contribution in [2.75, 3.05) is 27.9 Å². The normalized spacial score (nSPS) is 18.8. The van der Waals surface area contributed by atoms with Gasteiger partial charge in [0.05, 0.1) is 32.8 Å². The molecule has 2 heterocycles. The summed E-state index contributed by atoms with van der Waals surface area (Å²) in [6, 6.07) is 7.20. The quantitative estimate of drug-likeness (QED) is 0.684. The molecule has 6 nitrogen and oxygen atoms in total. The Labute approximate surface area is 176 Å². The largest absolute Gasteiger partial charge is 0.496 e. The Balaban J connectivity index is 1.81. The lowest BCUT2D eigenvalue weighted by Gasteiger charge is -2.38. The van der Waals surface area contributed by atoms with E-state index in [2.05, 4.69) is 6.08 Å². The maximum absolute atomic E-state index is 13.6. The van der Waals surface area contributed by atoms with Crippen molar-refractivity contribution >= 4 is 5.78 Å². The number of Topliss-reactive ketones (excluding diaryl/α,β-unsaturated/α-hetero) is 1.